The maximum atomic E-state index is 12.4. The highest BCUT2D eigenvalue weighted by molar-refractivity contribution is 7.17. The topological polar surface area (TPSA) is 85.6 Å². The average Bonchev–Trinajstić information content (AvgIpc) is 3.05. The number of carbonyl (C=O) groups is 2. The first-order chi connectivity index (χ1) is 11.0. The van der Waals surface area contributed by atoms with E-state index >= 15 is 0 Å². The highest BCUT2D eigenvalue weighted by Crippen LogP contribution is 2.21. The van der Waals surface area contributed by atoms with Crippen molar-refractivity contribution in [1.29, 1.82) is 0 Å². The van der Waals surface area contributed by atoms with Crippen LogP contribution in [0.5, 0.6) is 0 Å². The summed E-state index contributed by atoms with van der Waals surface area (Å²) in [5.74, 6) is -0.830. The molecule has 0 bridgehead atoms. The van der Waals surface area contributed by atoms with E-state index in [1.807, 2.05) is 13.8 Å². The van der Waals surface area contributed by atoms with Gasteiger partial charge in [-0.15, -0.1) is 5.10 Å². The Balaban J connectivity index is 1.90. The summed E-state index contributed by atoms with van der Waals surface area (Å²) in [6, 6.07) is 6.43. The fourth-order valence-electron chi connectivity index (χ4n) is 2.13. The monoisotopic (exact) mass is 330 g/mol. The Hall–Kier alpha value is -2.74. The van der Waals surface area contributed by atoms with Crippen LogP contribution in [-0.4, -0.2) is 33.6 Å². The molecule has 0 saturated heterocycles. The number of aryl methyl sites for hydroxylation is 2. The zero-order valence-electron chi connectivity index (χ0n) is 12.8. The molecule has 2 aromatic heterocycles. The van der Waals surface area contributed by atoms with Gasteiger partial charge < -0.3 is 4.74 Å². The number of nitrogens with zero attached hydrogens (tertiary/aromatic N) is 3. The molecule has 0 radical (unpaired) electrons. The number of fused-ring (bicyclic) bond motifs is 1. The molecule has 3 rings (SSSR count). The second-order valence-corrected chi connectivity index (χ2v) is 6.05. The van der Waals surface area contributed by atoms with Crippen LogP contribution in [0.3, 0.4) is 0 Å². The predicted octanol–water partition coefficient (Wildman–Crippen LogP) is 2.45. The molecule has 23 heavy (non-hydrogen) atoms. The van der Waals surface area contributed by atoms with E-state index in [1.54, 1.807) is 22.7 Å². The second-order valence-electron chi connectivity index (χ2n) is 4.86. The number of hydrogen-bond acceptors (Lipinski definition) is 6. The molecule has 0 aliphatic rings. The van der Waals surface area contributed by atoms with Crippen LogP contribution < -0.4 is 5.32 Å². The number of thiazole rings is 1. The van der Waals surface area contributed by atoms with Crippen LogP contribution in [0.15, 0.2) is 24.3 Å². The van der Waals surface area contributed by atoms with Crippen molar-refractivity contribution in [3.05, 3.63) is 46.0 Å². The molecule has 1 N–H and O–H groups in total. The van der Waals surface area contributed by atoms with Gasteiger partial charge in [0.15, 0.2) is 0 Å². The Morgan fingerprint density at radius 2 is 1.91 bits per heavy atom. The van der Waals surface area contributed by atoms with Gasteiger partial charge in [0.25, 0.3) is 11.9 Å². The first kappa shape index (κ1) is 15.2. The molecule has 0 aliphatic heterocycles. The third-order valence-corrected chi connectivity index (χ3v) is 4.50. The van der Waals surface area contributed by atoms with E-state index in [1.165, 1.54) is 24.5 Å². The van der Waals surface area contributed by atoms with Crippen molar-refractivity contribution in [2.24, 2.45) is 0 Å². The van der Waals surface area contributed by atoms with E-state index in [0.29, 0.717) is 4.96 Å². The molecule has 0 atom stereocenters. The van der Waals surface area contributed by atoms with Crippen molar-refractivity contribution >= 4 is 34.1 Å². The average molecular weight is 330 g/mol. The number of rotatable bonds is 3. The number of methoxy groups -OCH3 is 1. The smallest absolute Gasteiger partial charge is 0.338 e. The number of hydrogen-bond donors (Lipinski definition) is 1. The molecular weight excluding hydrogens is 316 g/mol. The molecule has 118 valence electrons. The summed E-state index contributed by atoms with van der Waals surface area (Å²) in [6.45, 7) is 3.92. The zero-order valence-corrected chi connectivity index (χ0v) is 13.6. The maximum Gasteiger partial charge on any atom is 0.338 e. The summed E-state index contributed by atoms with van der Waals surface area (Å²) in [5.41, 5.74) is 1.39. The van der Waals surface area contributed by atoms with Crippen molar-refractivity contribution in [2.45, 2.75) is 13.8 Å². The Labute approximate surface area is 135 Å². The van der Waals surface area contributed by atoms with Gasteiger partial charge in [0.1, 0.15) is 0 Å². The highest BCUT2D eigenvalue weighted by atomic mass is 32.1. The first-order valence-electron chi connectivity index (χ1n) is 6.82. The molecule has 0 fully saturated rings. The largest absolute Gasteiger partial charge is 0.465 e. The lowest BCUT2D eigenvalue weighted by Gasteiger charge is -2.06. The number of nitrogens with one attached hydrogen (secondary N) is 1. The number of amides is 1. The Morgan fingerprint density at radius 3 is 2.57 bits per heavy atom. The fourth-order valence-corrected chi connectivity index (χ4v) is 3.04. The Kier molecular flexibility index (Phi) is 3.83. The third-order valence-electron chi connectivity index (χ3n) is 3.45. The van der Waals surface area contributed by atoms with E-state index in [-0.39, 0.29) is 17.1 Å². The summed E-state index contributed by atoms with van der Waals surface area (Å²) in [7, 11) is 1.27. The highest BCUT2D eigenvalue weighted by Gasteiger charge is 2.19. The molecule has 2 heterocycles. The summed E-state index contributed by atoms with van der Waals surface area (Å²) in [5, 5.41) is 6.88. The van der Waals surface area contributed by atoms with Crippen molar-refractivity contribution in [3.63, 3.8) is 0 Å². The van der Waals surface area contributed by atoms with Gasteiger partial charge in [0.05, 0.1) is 23.9 Å². The van der Waals surface area contributed by atoms with Gasteiger partial charge in [0.2, 0.25) is 4.96 Å². The molecule has 0 spiro atoms. The van der Waals surface area contributed by atoms with Gasteiger partial charge in [-0.2, -0.15) is 4.98 Å². The van der Waals surface area contributed by atoms with E-state index in [0.717, 1.165) is 10.6 Å². The van der Waals surface area contributed by atoms with Crippen LogP contribution in [-0.2, 0) is 4.74 Å². The number of anilines is 1. The summed E-state index contributed by atoms with van der Waals surface area (Å²) >= 11 is 1.50. The number of benzene rings is 1. The molecule has 0 aliphatic carbocycles. The number of esters is 1. The molecule has 0 saturated carbocycles. The number of aromatic nitrogens is 3. The third kappa shape index (κ3) is 2.68. The van der Waals surface area contributed by atoms with Crippen LogP contribution in [0.4, 0.5) is 5.95 Å². The summed E-state index contributed by atoms with van der Waals surface area (Å²) < 4.78 is 6.37. The van der Waals surface area contributed by atoms with Gasteiger partial charge in [-0.3, -0.25) is 10.1 Å². The van der Waals surface area contributed by atoms with E-state index in [4.69, 9.17) is 0 Å². The lowest BCUT2D eigenvalue weighted by Crippen LogP contribution is -2.17. The van der Waals surface area contributed by atoms with Gasteiger partial charge in [0, 0.05) is 4.88 Å². The molecular formula is C15H14N4O3S. The minimum atomic E-state index is -0.569. The standard InChI is InChI=1S/C15H14N4O3S/c1-8-9(2)23-15-17-14(18-19(8)15)16-12(20)10-6-4-5-7-11(10)13(21)22-3/h4-7H,1-3H3,(H,16,18,20). The number of carbonyl (C=O) groups excluding carboxylic acids is 2. The molecule has 3 aromatic rings. The fraction of sp³-hybridized carbons (Fsp3) is 0.200. The molecule has 1 aromatic carbocycles. The van der Waals surface area contributed by atoms with E-state index in [9.17, 15) is 9.59 Å². The lowest BCUT2D eigenvalue weighted by molar-refractivity contribution is 0.0597. The van der Waals surface area contributed by atoms with E-state index < -0.39 is 11.9 Å². The zero-order chi connectivity index (χ0) is 16.6. The van der Waals surface area contributed by atoms with Crippen molar-refractivity contribution < 1.29 is 14.3 Å². The lowest BCUT2D eigenvalue weighted by atomic mass is 10.1. The molecule has 1 amide bonds. The Morgan fingerprint density at radius 1 is 1.22 bits per heavy atom. The van der Waals surface area contributed by atoms with Crippen LogP contribution in [0.1, 0.15) is 31.3 Å². The molecule has 8 heteroatoms. The second kappa shape index (κ2) is 5.81. The molecule has 7 nitrogen and oxygen atoms in total. The van der Waals surface area contributed by atoms with Crippen LogP contribution in [0.2, 0.25) is 0 Å². The van der Waals surface area contributed by atoms with Gasteiger partial charge in [-0.05, 0) is 26.0 Å². The Bertz CT molecular complexity index is 913. The predicted molar refractivity (Wildman–Crippen MR) is 86.1 cm³/mol. The first-order valence-corrected chi connectivity index (χ1v) is 7.64. The summed E-state index contributed by atoms with van der Waals surface area (Å²) in [6.07, 6.45) is 0. The summed E-state index contributed by atoms with van der Waals surface area (Å²) in [4.78, 5) is 30.2. The number of ether oxygens (including phenoxy) is 1. The van der Waals surface area contributed by atoms with Crippen molar-refractivity contribution in [2.75, 3.05) is 12.4 Å². The van der Waals surface area contributed by atoms with E-state index in [2.05, 4.69) is 20.1 Å². The van der Waals surface area contributed by atoms with Crippen molar-refractivity contribution in [3.8, 4) is 0 Å². The van der Waals surface area contributed by atoms with Gasteiger partial charge in [-0.25, -0.2) is 9.31 Å². The van der Waals surface area contributed by atoms with Crippen molar-refractivity contribution in [1.82, 2.24) is 14.6 Å². The van der Waals surface area contributed by atoms with Crippen LogP contribution in [0, 0.1) is 13.8 Å². The minimum absolute atomic E-state index is 0.195. The quantitative estimate of drug-likeness (QED) is 0.746. The van der Waals surface area contributed by atoms with Crippen LogP contribution in [0.25, 0.3) is 4.96 Å². The normalized spacial score (nSPS) is 10.7. The van der Waals surface area contributed by atoms with Gasteiger partial charge in [-0.1, -0.05) is 23.5 Å². The van der Waals surface area contributed by atoms with Gasteiger partial charge >= 0.3 is 5.97 Å². The minimum Gasteiger partial charge on any atom is -0.465 e. The SMILES string of the molecule is COC(=O)c1ccccc1C(=O)Nc1nc2sc(C)c(C)n2n1. The van der Waals surface area contributed by atoms with Crippen LogP contribution >= 0.6 is 11.3 Å². The maximum absolute atomic E-state index is 12.4. The molecule has 0 unspecified atom stereocenters.